The standard InChI is InChI=1S/C23H20FN7O/c1-12-5-3-8-16-10-17(18(22(32)31(12)16)14-6-4-7-15(24)9-14)13(2)28-21-19-20(27-11-26-19)29-23(25)30-21/h3-11,13H,1-2H3,(H4,25,26,27,28,29,30)/t13-/m0/s1. The number of nitrogens with two attached hydrogens (primary N) is 1. The molecule has 1 aromatic carbocycles. The molecule has 0 unspecified atom stereocenters. The number of rotatable bonds is 4. The van der Waals surface area contributed by atoms with Gasteiger partial charge in [-0.2, -0.15) is 9.97 Å². The number of nitrogen functional groups attached to an aromatic ring is 1. The van der Waals surface area contributed by atoms with Crippen molar-refractivity contribution in [3.63, 3.8) is 0 Å². The van der Waals surface area contributed by atoms with Crippen LogP contribution in [0.5, 0.6) is 0 Å². The Morgan fingerprint density at radius 2 is 1.97 bits per heavy atom. The highest BCUT2D eigenvalue weighted by molar-refractivity contribution is 5.84. The molecule has 0 amide bonds. The normalized spacial score (nSPS) is 12.3. The Balaban J connectivity index is 1.72. The van der Waals surface area contributed by atoms with Gasteiger partial charge in [0.1, 0.15) is 11.3 Å². The van der Waals surface area contributed by atoms with Gasteiger partial charge in [0, 0.05) is 11.2 Å². The monoisotopic (exact) mass is 429 g/mol. The molecule has 0 aliphatic heterocycles. The van der Waals surface area contributed by atoms with E-state index in [4.69, 9.17) is 5.73 Å². The summed E-state index contributed by atoms with van der Waals surface area (Å²) in [6, 6.07) is 13.2. The first-order valence-corrected chi connectivity index (χ1v) is 10.1. The minimum atomic E-state index is -0.411. The maximum absolute atomic E-state index is 14.1. The zero-order valence-corrected chi connectivity index (χ0v) is 17.4. The molecule has 0 bridgehead atoms. The number of nitrogens with zero attached hydrogens (tertiary/aromatic N) is 4. The fourth-order valence-corrected chi connectivity index (χ4v) is 4.01. The molecule has 5 aromatic rings. The van der Waals surface area contributed by atoms with Crippen molar-refractivity contribution in [1.82, 2.24) is 24.3 Å². The van der Waals surface area contributed by atoms with Gasteiger partial charge < -0.3 is 16.0 Å². The minimum Gasteiger partial charge on any atom is -0.368 e. The topological polar surface area (TPSA) is 114 Å². The minimum absolute atomic E-state index is 0.0823. The van der Waals surface area contributed by atoms with Crippen molar-refractivity contribution in [3.05, 3.63) is 82.3 Å². The van der Waals surface area contributed by atoms with Gasteiger partial charge in [-0.1, -0.05) is 18.2 Å². The lowest BCUT2D eigenvalue weighted by Crippen LogP contribution is -2.22. The second-order valence-electron chi connectivity index (χ2n) is 7.62. The lowest BCUT2D eigenvalue weighted by atomic mass is 9.96. The van der Waals surface area contributed by atoms with Crippen molar-refractivity contribution in [2.45, 2.75) is 19.9 Å². The molecule has 9 heteroatoms. The zero-order chi connectivity index (χ0) is 22.4. The summed E-state index contributed by atoms with van der Waals surface area (Å²) >= 11 is 0. The van der Waals surface area contributed by atoms with Crippen LogP contribution in [0.25, 0.3) is 27.8 Å². The quantitative estimate of drug-likeness (QED) is 0.400. The first kappa shape index (κ1) is 19.7. The number of H-pyrrole nitrogens is 1. The molecule has 160 valence electrons. The van der Waals surface area contributed by atoms with E-state index in [1.807, 2.05) is 38.1 Å². The maximum atomic E-state index is 14.1. The van der Waals surface area contributed by atoms with Crippen LogP contribution in [0.1, 0.15) is 24.2 Å². The largest absolute Gasteiger partial charge is 0.368 e. The van der Waals surface area contributed by atoms with E-state index < -0.39 is 5.82 Å². The smallest absolute Gasteiger partial charge is 0.263 e. The number of pyridine rings is 2. The van der Waals surface area contributed by atoms with E-state index in [0.717, 1.165) is 11.2 Å². The SMILES string of the molecule is Cc1cccc2cc([C@H](C)Nc3nc(N)nc4nc[nH]c34)c(-c3cccc(F)c3)c(=O)n12. The van der Waals surface area contributed by atoms with E-state index in [-0.39, 0.29) is 17.5 Å². The lowest BCUT2D eigenvalue weighted by Gasteiger charge is -2.20. The van der Waals surface area contributed by atoms with Crippen molar-refractivity contribution >= 4 is 28.4 Å². The molecule has 5 rings (SSSR count). The molecule has 0 radical (unpaired) electrons. The van der Waals surface area contributed by atoms with Crippen LogP contribution in [0, 0.1) is 12.7 Å². The summed E-state index contributed by atoms with van der Waals surface area (Å²) in [5.41, 5.74) is 9.82. The van der Waals surface area contributed by atoms with Gasteiger partial charge in [0.05, 0.1) is 17.9 Å². The molecule has 4 N–H and O–H groups in total. The third kappa shape index (κ3) is 3.24. The van der Waals surface area contributed by atoms with Crippen LogP contribution in [0.2, 0.25) is 0 Å². The van der Waals surface area contributed by atoms with Gasteiger partial charge in [0.2, 0.25) is 5.95 Å². The number of hydrogen-bond acceptors (Lipinski definition) is 6. The number of aromatic amines is 1. The predicted octanol–water partition coefficient (Wildman–Crippen LogP) is 3.84. The van der Waals surface area contributed by atoms with Crippen LogP contribution in [0.3, 0.4) is 0 Å². The summed E-state index contributed by atoms with van der Waals surface area (Å²) in [5, 5.41) is 3.32. The van der Waals surface area contributed by atoms with E-state index in [1.54, 1.807) is 16.5 Å². The van der Waals surface area contributed by atoms with Crippen LogP contribution >= 0.6 is 0 Å². The molecule has 0 saturated heterocycles. The molecule has 0 aliphatic rings. The van der Waals surface area contributed by atoms with E-state index in [2.05, 4.69) is 25.3 Å². The maximum Gasteiger partial charge on any atom is 0.263 e. The number of halogens is 1. The molecule has 0 spiro atoms. The van der Waals surface area contributed by atoms with Crippen molar-refractivity contribution in [1.29, 1.82) is 0 Å². The summed E-state index contributed by atoms with van der Waals surface area (Å²) < 4.78 is 15.7. The summed E-state index contributed by atoms with van der Waals surface area (Å²) in [5.74, 6) is 0.136. The van der Waals surface area contributed by atoms with Gasteiger partial charge in [0.25, 0.3) is 5.56 Å². The van der Waals surface area contributed by atoms with Gasteiger partial charge in [-0.05, 0) is 55.3 Å². The van der Waals surface area contributed by atoms with Crippen LogP contribution < -0.4 is 16.6 Å². The Morgan fingerprint density at radius 1 is 1.16 bits per heavy atom. The third-order valence-corrected chi connectivity index (χ3v) is 5.46. The predicted molar refractivity (Wildman–Crippen MR) is 122 cm³/mol. The molecule has 0 fully saturated rings. The fourth-order valence-electron chi connectivity index (χ4n) is 4.01. The van der Waals surface area contributed by atoms with Crippen molar-refractivity contribution in [2.24, 2.45) is 0 Å². The Morgan fingerprint density at radius 3 is 2.78 bits per heavy atom. The van der Waals surface area contributed by atoms with Crippen LogP contribution in [0.4, 0.5) is 16.2 Å². The molecule has 0 aliphatic carbocycles. The molecule has 1 atom stereocenters. The van der Waals surface area contributed by atoms with Crippen LogP contribution in [-0.2, 0) is 0 Å². The zero-order valence-electron chi connectivity index (χ0n) is 17.4. The first-order valence-electron chi connectivity index (χ1n) is 10.1. The lowest BCUT2D eigenvalue weighted by molar-refractivity contribution is 0.628. The van der Waals surface area contributed by atoms with Crippen molar-refractivity contribution in [2.75, 3.05) is 11.1 Å². The van der Waals surface area contributed by atoms with E-state index in [1.165, 1.54) is 18.5 Å². The second-order valence-corrected chi connectivity index (χ2v) is 7.62. The number of aromatic nitrogens is 5. The van der Waals surface area contributed by atoms with Crippen LogP contribution in [-0.4, -0.2) is 24.3 Å². The second kappa shape index (κ2) is 7.45. The van der Waals surface area contributed by atoms with Crippen molar-refractivity contribution < 1.29 is 4.39 Å². The highest BCUT2D eigenvalue weighted by atomic mass is 19.1. The highest BCUT2D eigenvalue weighted by Gasteiger charge is 2.20. The van der Waals surface area contributed by atoms with E-state index in [0.29, 0.717) is 33.7 Å². The third-order valence-electron chi connectivity index (χ3n) is 5.46. The average molecular weight is 429 g/mol. The summed E-state index contributed by atoms with van der Waals surface area (Å²) in [6.45, 7) is 3.77. The number of aryl methyl sites for hydroxylation is 1. The Labute approximate surface area is 182 Å². The highest BCUT2D eigenvalue weighted by Crippen LogP contribution is 2.30. The van der Waals surface area contributed by atoms with Gasteiger partial charge >= 0.3 is 0 Å². The molecular weight excluding hydrogens is 409 g/mol. The first-order chi connectivity index (χ1) is 15.4. The van der Waals surface area contributed by atoms with Gasteiger partial charge in [0.15, 0.2) is 11.5 Å². The number of anilines is 2. The molecule has 4 heterocycles. The Hall–Kier alpha value is -4.27. The summed E-state index contributed by atoms with van der Waals surface area (Å²) in [4.78, 5) is 29.2. The summed E-state index contributed by atoms with van der Waals surface area (Å²) in [6.07, 6.45) is 1.51. The molecule has 32 heavy (non-hydrogen) atoms. The number of fused-ring (bicyclic) bond motifs is 2. The van der Waals surface area contributed by atoms with Gasteiger partial charge in [-0.15, -0.1) is 0 Å². The fraction of sp³-hybridized carbons (Fsp3) is 0.130. The molecular formula is C23H20FN7O. The number of benzene rings is 1. The molecule has 8 nitrogen and oxygen atoms in total. The van der Waals surface area contributed by atoms with Gasteiger partial charge in [-0.25, -0.2) is 9.37 Å². The Bertz CT molecular complexity index is 1540. The van der Waals surface area contributed by atoms with Gasteiger partial charge in [-0.3, -0.25) is 9.20 Å². The van der Waals surface area contributed by atoms with E-state index >= 15 is 0 Å². The van der Waals surface area contributed by atoms with E-state index in [9.17, 15) is 9.18 Å². The molecule has 4 aromatic heterocycles. The molecule has 0 saturated carbocycles. The number of imidazole rings is 1. The van der Waals surface area contributed by atoms with Crippen molar-refractivity contribution in [3.8, 4) is 11.1 Å². The number of nitrogens with one attached hydrogen (secondary N) is 2. The Kier molecular flexibility index (Phi) is 4.58. The summed E-state index contributed by atoms with van der Waals surface area (Å²) in [7, 11) is 0. The number of hydrogen-bond donors (Lipinski definition) is 3. The van der Waals surface area contributed by atoms with Crippen LogP contribution in [0.15, 0.2) is 59.7 Å². The average Bonchev–Trinajstić information content (AvgIpc) is 3.22.